The number of ketones is 1. The molecule has 1 aliphatic rings. The van der Waals surface area contributed by atoms with Crippen LogP contribution in [0.4, 0.5) is 5.82 Å². The van der Waals surface area contributed by atoms with E-state index in [1.54, 1.807) is 11.0 Å². The Morgan fingerprint density at radius 2 is 1.65 bits per heavy atom. The van der Waals surface area contributed by atoms with Gasteiger partial charge in [-0.2, -0.15) is 4.31 Å². The summed E-state index contributed by atoms with van der Waals surface area (Å²) in [4.78, 5) is 38.7. The van der Waals surface area contributed by atoms with Crippen LogP contribution in [-0.2, 0) is 24.1 Å². The Kier molecular flexibility index (Phi) is 6.58. The van der Waals surface area contributed by atoms with Gasteiger partial charge in [0.25, 0.3) is 5.56 Å². The molecule has 0 bridgehead atoms. The fourth-order valence-corrected chi connectivity index (χ4v) is 4.53. The lowest BCUT2D eigenvalue weighted by Gasteiger charge is -2.32. The summed E-state index contributed by atoms with van der Waals surface area (Å²) in [6, 6.07) is 9.13. The molecule has 2 aromatic rings. The number of benzene rings is 1. The molecule has 31 heavy (non-hydrogen) atoms. The Morgan fingerprint density at radius 1 is 1.03 bits per heavy atom. The van der Waals surface area contributed by atoms with E-state index in [-0.39, 0.29) is 31.0 Å². The zero-order valence-electron chi connectivity index (χ0n) is 17.4. The zero-order chi connectivity index (χ0) is 22.8. The highest BCUT2D eigenvalue weighted by molar-refractivity contribution is 7.92. The molecule has 166 valence electrons. The summed E-state index contributed by atoms with van der Waals surface area (Å²) in [6.07, 6.45) is 1.55. The highest BCUT2D eigenvalue weighted by Gasteiger charge is 2.28. The van der Waals surface area contributed by atoms with Gasteiger partial charge >= 0.3 is 5.69 Å². The minimum atomic E-state index is -3.59. The summed E-state index contributed by atoms with van der Waals surface area (Å²) < 4.78 is 28.4. The number of piperazine rings is 1. The summed E-state index contributed by atoms with van der Waals surface area (Å²) in [5.74, 6) is -0.681. The number of nitrogens with two attached hydrogens (primary N) is 1. The van der Waals surface area contributed by atoms with Gasteiger partial charge in [0.2, 0.25) is 10.0 Å². The number of anilines is 1. The molecule has 0 atom stereocenters. The third-order valence-corrected chi connectivity index (χ3v) is 6.84. The molecular formula is C20H25N5O5S. The first-order valence-corrected chi connectivity index (χ1v) is 11.2. The van der Waals surface area contributed by atoms with Gasteiger partial charge in [0.1, 0.15) is 11.4 Å². The fraction of sp³-hybridized carbons (Fsp3) is 0.350. The second-order valence-electron chi connectivity index (χ2n) is 7.32. The van der Waals surface area contributed by atoms with E-state index in [1.807, 2.05) is 30.3 Å². The van der Waals surface area contributed by atoms with Gasteiger partial charge in [-0.25, -0.2) is 13.2 Å². The van der Waals surface area contributed by atoms with E-state index in [4.69, 9.17) is 5.73 Å². The minimum absolute atomic E-state index is 0.0919. The number of hydrogen-bond acceptors (Lipinski definition) is 7. The van der Waals surface area contributed by atoms with Crippen LogP contribution in [0.2, 0.25) is 0 Å². The van der Waals surface area contributed by atoms with Gasteiger partial charge < -0.3 is 5.73 Å². The molecule has 0 radical (unpaired) electrons. The van der Waals surface area contributed by atoms with Crippen LogP contribution in [-0.4, -0.2) is 65.3 Å². The summed E-state index contributed by atoms with van der Waals surface area (Å²) >= 11 is 0. The second kappa shape index (κ2) is 9.00. The normalized spacial score (nSPS) is 16.1. The molecule has 2 heterocycles. The maximum Gasteiger partial charge on any atom is 0.332 e. The number of carbonyl (C=O) groups excluding carboxylic acids is 1. The van der Waals surface area contributed by atoms with Gasteiger partial charge in [-0.3, -0.25) is 23.6 Å². The molecular weight excluding hydrogens is 422 g/mol. The highest BCUT2D eigenvalue weighted by atomic mass is 32.2. The molecule has 10 nitrogen and oxygen atoms in total. The monoisotopic (exact) mass is 447 g/mol. The van der Waals surface area contributed by atoms with E-state index in [9.17, 15) is 22.8 Å². The van der Waals surface area contributed by atoms with Crippen LogP contribution in [0.5, 0.6) is 0 Å². The lowest BCUT2D eigenvalue weighted by Crippen LogP contribution is -2.50. The van der Waals surface area contributed by atoms with Crippen LogP contribution in [0.15, 0.2) is 45.3 Å². The predicted octanol–water partition coefficient (Wildman–Crippen LogP) is -0.533. The Labute approximate surface area is 179 Å². The molecule has 3 rings (SSSR count). The second-order valence-corrected chi connectivity index (χ2v) is 9.14. The van der Waals surface area contributed by atoms with Gasteiger partial charge in [-0.05, 0) is 11.6 Å². The molecule has 1 saturated heterocycles. The van der Waals surface area contributed by atoms with Gasteiger partial charge in [-0.1, -0.05) is 30.3 Å². The van der Waals surface area contributed by atoms with Crippen molar-refractivity contribution in [1.29, 1.82) is 0 Å². The van der Waals surface area contributed by atoms with Crippen LogP contribution in [0.25, 0.3) is 6.08 Å². The third kappa shape index (κ3) is 4.84. The topological polar surface area (TPSA) is 128 Å². The van der Waals surface area contributed by atoms with Crippen molar-refractivity contribution in [3.8, 4) is 0 Å². The molecule has 0 amide bonds. The Bertz CT molecular complexity index is 1220. The van der Waals surface area contributed by atoms with Crippen molar-refractivity contribution in [3.63, 3.8) is 0 Å². The quantitative estimate of drug-likeness (QED) is 0.590. The van der Waals surface area contributed by atoms with E-state index in [2.05, 4.69) is 0 Å². The van der Waals surface area contributed by atoms with Crippen LogP contribution in [0.1, 0.15) is 15.9 Å². The highest BCUT2D eigenvalue weighted by Crippen LogP contribution is 2.13. The van der Waals surface area contributed by atoms with Crippen molar-refractivity contribution < 1.29 is 13.2 Å². The Morgan fingerprint density at radius 3 is 2.26 bits per heavy atom. The van der Waals surface area contributed by atoms with Gasteiger partial charge in [0.15, 0.2) is 5.78 Å². The number of sulfonamides is 1. The maximum absolute atomic E-state index is 12.7. The first kappa shape index (κ1) is 22.7. The molecule has 1 aliphatic heterocycles. The van der Waals surface area contributed by atoms with Crippen LogP contribution in [0.3, 0.4) is 0 Å². The average Bonchev–Trinajstić information content (AvgIpc) is 2.76. The fourth-order valence-electron chi connectivity index (χ4n) is 3.36. The SMILES string of the molecule is Cn1c(N)c(C(=O)CN2CCN(S(=O)(=O)C=Cc3ccccc3)CC2)c(=O)n(C)c1=O. The van der Waals surface area contributed by atoms with Crippen molar-refractivity contribution >= 4 is 27.7 Å². The van der Waals surface area contributed by atoms with Crippen LogP contribution >= 0.6 is 0 Å². The number of aromatic nitrogens is 2. The predicted molar refractivity (Wildman–Crippen MR) is 118 cm³/mol. The summed E-state index contributed by atoms with van der Waals surface area (Å²) in [5.41, 5.74) is 5.04. The van der Waals surface area contributed by atoms with Crippen LogP contribution in [0, 0.1) is 0 Å². The van der Waals surface area contributed by atoms with E-state index in [0.717, 1.165) is 14.7 Å². The smallest absolute Gasteiger partial charge is 0.332 e. The molecule has 0 unspecified atom stereocenters. The van der Waals surface area contributed by atoms with Crippen LogP contribution < -0.4 is 17.0 Å². The standard InChI is InChI=1S/C20H25N5O5S/c1-22-18(21)17(19(27)23(2)20(22)28)16(26)14-24-9-11-25(12-10-24)31(29,30)13-8-15-6-4-3-5-7-15/h3-8,13H,9-12,14,21H2,1-2H3. The van der Waals surface area contributed by atoms with Gasteiger partial charge in [0.05, 0.1) is 6.54 Å². The molecule has 1 fully saturated rings. The Balaban J connectivity index is 1.66. The minimum Gasteiger partial charge on any atom is -0.384 e. The lowest BCUT2D eigenvalue weighted by molar-refractivity contribution is 0.0900. The molecule has 1 aromatic heterocycles. The summed E-state index contributed by atoms with van der Waals surface area (Å²) in [7, 11) is -0.911. The molecule has 0 aliphatic carbocycles. The number of hydrogen-bond donors (Lipinski definition) is 1. The third-order valence-electron chi connectivity index (χ3n) is 5.28. The van der Waals surface area contributed by atoms with Gasteiger partial charge in [-0.15, -0.1) is 0 Å². The maximum atomic E-state index is 12.7. The Hall–Kier alpha value is -3.02. The first-order valence-electron chi connectivity index (χ1n) is 9.66. The molecule has 1 aromatic carbocycles. The van der Waals surface area contributed by atoms with Crippen molar-refractivity contribution in [1.82, 2.24) is 18.3 Å². The first-order chi connectivity index (χ1) is 14.6. The lowest BCUT2D eigenvalue weighted by atomic mass is 10.1. The zero-order valence-corrected chi connectivity index (χ0v) is 18.2. The van der Waals surface area contributed by atoms with Gasteiger partial charge in [0, 0.05) is 45.7 Å². The van der Waals surface area contributed by atoms with Crippen molar-refractivity contribution in [3.05, 3.63) is 67.7 Å². The summed E-state index contributed by atoms with van der Waals surface area (Å²) in [6.45, 7) is 1.00. The number of nitrogens with zero attached hydrogens (tertiary/aromatic N) is 4. The van der Waals surface area contributed by atoms with E-state index in [0.29, 0.717) is 13.1 Å². The molecule has 0 saturated carbocycles. The summed E-state index contributed by atoms with van der Waals surface area (Å²) in [5, 5.41) is 1.18. The van der Waals surface area contributed by atoms with E-state index < -0.39 is 27.1 Å². The molecule has 2 N–H and O–H groups in total. The largest absolute Gasteiger partial charge is 0.384 e. The van der Waals surface area contributed by atoms with Crippen molar-refractivity contribution in [2.24, 2.45) is 14.1 Å². The number of rotatable bonds is 6. The van der Waals surface area contributed by atoms with Crippen molar-refractivity contribution in [2.45, 2.75) is 0 Å². The van der Waals surface area contributed by atoms with E-state index >= 15 is 0 Å². The van der Waals surface area contributed by atoms with E-state index in [1.165, 1.54) is 23.8 Å². The number of carbonyl (C=O) groups is 1. The number of nitrogen functional groups attached to an aromatic ring is 1. The molecule has 0 spiro atoms. The van der Waals surface area contributed by atoms with Crippen molar-refractivity contribution in [2.75, 3.05) is 38.5 Å². The number of Topliss-reactive ketones (excluding diaryl/α,β-unsaturated/α-hetero) is 1. The molecule has 11 heteroatoms. The average molecular weight is 448 g/mol.